The fraction of sp³-hybridized carbons (Fsp3) is 0.263. The molecule has 0 radical (unpaired) electrons. The first kappa shape index (κ1) is 15.5. The van der Waals surface area contributed by atoms with Crippen molar-refractivity contribution in [1.82, 2.24) is 4.90 Å². The summed E-state index contributed by atoms with van der Waals surface area (Å²) in [4.78, 5) is 25.9. The number of hydrogen-bond donors (Lipinski definition) is 0. The van der Waals surface area contributed by atoms with Crippen LogP contribution in [-0.2, 0) is 0 Å². The third-order valence-corrected chi connectivity index (χ3v) is 4.19. The van der Waals surface area contributed by atoms with Crippen molar-refractivity contribution in [3.8, 4) is 17.2 Å². The van der Waals surface area contributed by atoms with Crippen molar-refractivity contribution in [2.24, 2.45) is 0 Å². The summed E-state index contributed by atoms with van der Waals surface area (Å²) in [5, 5.41) is 0. The number of fused-ring (bicyclic) bond motifs is 2. The van der Waals surface area contributed by atoms with Crippen molar-refractivity contribution < 1.29 is 23.8 Å². The maximum atomic E-state index is 12.3. The van der Waals surface area contributed by atoms with Crippen LogP contribution in [0, 0.1) is 0 Å². The molecule has 2 aliphatic heterocycles. The highest BCUT2D eigenvalue weighted by molar-refractivity contribution is 6.21. The van der Waals surface area contributed by atoms with E-state index in [1.54, 1.807) is 24.3 Å². The molecule has 2 heterocycles. The second-order valence-corrected chi connectivity index (χ2v) is 5.79. The van der Waals surface area contributed by atoms with Crippen LogP contribution < -0.4 is 14.2 Å². The summed E-state index contributed by atoms with van der Waals surface area (Å²) in [5.41, 5.74) is 0.937. The molecule has 0 aliphatic carbocycles. The molecule has 2 aliphatic rings. The second kappa shape index (κ2) is 6.47. The van der Waals surface area contributed by atoms with Gasteiger partial charge in [0, 0.05) is 6.54 Å². The summed E-state index contributed by atoms with van der Waals surface area (Å²) in [6.07, 6.45) is 0.538. The normalized spacial score (nSPS) is 15.3. The lowest BCUT2D eigenvalue weighted by atomic mass is 10.1. The smallest absolute Gasteiger partial charge is 0.261 e. The summed E-state index contributed by atoms with van der Waals surface area (Å²) in [6.45, 7) is 1.70. The maximum absolute atomic E-state index is 12.3. The zero-order chi connectivity index (χ0) is 17.2. The number of carbonyl (C=O) groups excluding carboxylic acids is 2. The molecule has 0 saturated carbocycles. The molecular formula is C19H17NO5. The standard InChI is InChI=1S/C19H17NO5/c21-18-13-5-1-2-6-14(13)19(22)20(18)9-4-10-23-15-7-3-8-16-17(15)25-12-11-24-16/h1-3,5-8H,4,9-12H2. The van der Waals surface area contributed by atoms with Gasteiger partial charge in [-0.05, 0) is 30.7 Å². The fourth-order valence-electron chi connectivity index (χ4n) is 3.01. The number of carbonyl (C=O) groups is 2. The van der Waals surface area contributed by atoms with Gasteiger partial charge in [-0.2, -0.15) is 0 Å². The minimum atomic E-state index is -0.241. The van der Waals surface area contributed by atoms with Gasteiger partial charge in [-0.1, -0.05) is 18.2 Å². The second-order valence-electron chi connectivity index (χ2n) is 5.79. The number of benzene rings is 2. The van der Waals surface area contributed by atoms with E-state index in [0.717, 1.165) is 0 Å². The Bertz CT molecular complexity index is 797. The minimum Gasteiger partial charge on any atom is -0.489 e. The quantitative estimate of drug-likeness (QED) is 0.619. The molecule has 2 amide bonds. The van der Waals surface area contributed by atoms with Crippen LogP contribution in [0.25, 0.3) is 0 Å². The van der Waals surface area contributed by atoms with E-state index in [2.05, 4.69) is 0 Å². The highest BCUT2D eigenvalue weighted by atomic mass is 16.6. The number of ether oxygens (including phenoxy) is 3. The summed E-state index contributed by atoms with van der Waals surface area (Å²) in [7, 11) is 0. The van der Waals surface area contributed by atoms with Crippen LogP contribution in [0.2, 0.25) is 0 Å². The van der Waals surface area contributed by atoms with Crippen molar-refractivity contribution in [2.75, 3.05) is 26.4 Å². The van der Waals surface area contributed by atoms with Crippen molar-refractivity contribution in [2.45, 2.75) is 6.42 Å². The number of rotatable bonds is 5. The molecular weight excluding hydrogens is 322 g/mol. The third kappa shape index (κ3) is 2.80. The molecule has 0 saturated heterocycles. The molecule has 0 aromatic heterocycles. The minimum absolute atomic E-state index is 0.241. The van der Waals surface area contributed by atoms with Gasteiger partial charge in [-0.3, -0.25) is 14.5 Å². The molecule has 128 valence electrons. The SMILES string of the molecule is O=C1c2ccccc2C(=O)N1CCCOc1cccc2c1OCCO2. The Kier molecular flexibility index (Phi) is 4.01. The lowest BCUT2D eigenvalue weighted by Crippen LogP contribution is -2.31. The largest absolute Gasteiger partial charge is 0.489 e. The van der Waals surface area contributed by atoms with E-state index in [1.807, 2.05) is 18.2 Å². The molecule has 6 nitrogen and oxygen atoms in total. The van der Waals surface area contributed by atoms with Crippen molar-refractivity contribution in [1.29, 1.82) is 0 Å². The summed E-state index contributed by atoms with van der Waals surface area (Å²) < 4.78 is 16.9. The van der Waals surface area contributed by atoms with Crippen molar-refractivity contribution in [3.05, 3.63) is 53.6 Å². The van der Waals surface area contributed by atoms with E-state index in [1.165, 1.54) is 4.90 Å². The van der Waals surface area contributed by atoms with Gasteiger partial charge in [0.25, 0.3) is 11.8 Å². The van der Waals surface area contributed by atoms with E-state index < -0.39 is 0 Å². The van der Waals surface area contributed by atoms with Crippen LogP contribution in [0.3, 0.4) is 0 Å². The fourth-order valence-corrected chi connectivity index (χ4v) is 3.01. The molecule has 0 N–H and O–H groups in total. The van der Waals surface area contributed by atoms with Crippen molar-refractivity contribution in [3.63, 3.8) is 0 Å². The predicted octanol–water partition coefficient (Wildman–Crippen LogP) is 2.52. The molecule has 4 rings (SSSR count). The van der Waals surface area contributed by atoms with E-state index in [0.29, 0.717) is 61.2 Å². The number of amides is 2. The zero-order valence-electron chi connectivity index (χ0n) is 13.6. The van der Waals surface area contributed by atoms with Gasteiger partial charge in [0.2, 0.25) is 5.75 Å². The number of hydrogen-bond acceptors (Lipinski definition) is 5. The highest BCUT2D eigenvalue weighted by Crippen LogP contribution is 2.38. The Balaban J connectivity index is 1.35. The molecule has 6 heteroatoms. The number of nitrogens with zero attached hydrogens (tertiary/aromatic N) is 1. The first-order chi connectivity index (χ1) is 12.3. The molecule has 0 atom stereocenters. The topological polar surface area (TPSA) is 65.1 Å². The van der Waals surface area contributed by atoms with Crippen LogP contribution in [-0.4, -0.2) is 43.1 Å². The molecule has 0 fully saturated rings. The van der Waals surface area contributed by atoms with Gasteiger partial charge in [0.1, 0.15) is 13.2 Å². The number of para-hydroxylation sites is 1. The van der Waals surface area contributed by atoms with Crippen molar-refractivity contribution >= 4 is 11.8 Å². The Hall–Kier alpha value is -3.02. The van der Waals surface area contributed by atoms with Crippen LogP contribution in [0.5, 0.6) is 17.2 Å². The molecule has 0 unspecified atom stereocenters. The van der Waals surface area contributed by atoms with Gasteiger partial charge in [-0.25, -0.2) is 0 Å². The average Bonchev–Trinajstić information content (AvgIpc) is 2.90. The van der Waals surface area contributed by atoms with E-state index >= 15 is 0 Å². The summed E-state index contributed by atoms with van der Waals surface area (Å²) in [6, 6.07) is 12.4. The zero-order valence-corrected chi connectivity index (χ0v) is 13.6. The Morgan fingerprint density at radius 3 is 2.40 bits per heavy atom. The molecule has 2 aromatic rings. The van der Waals surface area contributed by atoms with Gasteiger partial charge < -0.3 is 14.2 Å². The Morgan fingerprint density at radius 1 is 0.920 bits per heavy atom. The molecule has 0 spiro atoms. The van der Waals surface area contributed by atoms with Gasteiger partial charge in [0.05, 0.1) is 17.7 Å². The third-order valence-electron chi connectivity index (χ3n) is 4.19. The van der Waals surface area contributed by atoms with Crippen LogP contribution in [0.4, 0.5) is 0 Å². The van der Waals surface area contributed by atoms with Gasteiger partial charge >= 0.3 is 0 Å². The summed E-state index contributed by atoms with van der Waals surface area (Å²) >= 11 is 0. The lowest BCUT2D eigenvalue weighted by Gasteiger charge is -2.21. The first-order valence-electron chi connectivity index (χ1n) is 8.22. The first-order valence-corrected chi connectivity index (χ1v) is 8.22. The lowest BCUT2D eigenvalue weighted by molar-refractivity contribution is 0.0646. The van der Waals surface area contributed by atoms with Gasteiger partial charge in [-0.15, -0.1) is 0 Å². The average molecular weight is 339 g/mol. The summed E-state index contributed by atoms with van der Waals surface area (Å²) in [5.74, 6) is 1.40. The van der Waals surface area contributed by atoms with Crippen LogP contribution >= 0.6 is 0 Å². The van der Waals surface area contributed by atoms with Crippen LogP contribution in [0.1, 0.15) is 27.1 Å². The van der Waals surface area contributed by atoms with E-state index in [4.69, 9.17) is 14.2 Å². The highest BCUT2D eigenvalue weighted by Gasteiger charge is 2.34. The van der Waals surface area contributed by atoms with E-state index in [-0.39, 0.29) is 11.8 Å². The molecule has 25 heavy (non-hydrogen) atoms. The Labute approximate surface area is 144 Å². The van der Waals surface area contributed by atoms with Gasteiger partial charge in [0.15, 0.2) is 11.5 Å². The number of imide groups is 1. The molecule has 0 bridgehead atoms. The molecule has 2 aromatic carbocycles. The predicted molar refractivity (Wildman–Crippen MR) is 89.4 cm³/mol. The monoisotopic (exact) mass is 339 g/mol. The Morgan fingerprint density at radius 2 is 1.64 bits per heavy atom. The van der Waals surface area contributed by atoms with E-state index in [9.17, 15) is 9.59 Å². The maximum Gasteiger partial charge on any atom is 0.261 e. The van der Waals surface area contributed by atoms with Crippen LogP contribution in [0.15, 0.2) is 42.5 Å².